The highest BCUT2D eigenvalue weighted by atomic mass is 127. The fourth-order valence-corrected chi connectivity index (χ4v) is 1.40. The fourth-order valence-electron chi connectivity index (χ4n) is 0.755. The van der Waals surface area contributed by atoms with Crippen molar-refractivity contribution in [1.82, 2.24) is 0 Å². The molecule has 0 aromatic carbocycles. The lowest BCUT2D eigenvalue weighted by Crippen LogP contribution is -2.14. The van der Waals surface area contributed by atoms with E-state index >= 15 is 0 Å². The van der Waals surface area contributed by atoms with E-state index in [1.165, 1.54) is 0 Å². The molecule has 0 N–H and O–H groups in total. The Morgan fingerprint density at radius 1 is 1.62 bits per heavy atom. The molecule has 0 spiro atoms. The van der Waals surface area contributed by atoms with Crippen LogP contribution in [-0.2, 0) is 7.80 Å². The molecule has 2 atom stereocenters. The average Bonchev–Trinajstić information content (AvgIpc) is 2.14. The van der Waals surface area contributed by atoms with E-state index in [1.807, 2.05) is 23.0 Å². The summed E-state index contributed by atoms with van der Waals surface area (Å²) in [6, 6.07) is 0. The Kier molecular flexibility index (Phi) is 2.52. The normalized spacial score (nSPS) is 38.2. The van der Waals surface area contributed by atoms with Crippen LogP contribution in [0.25, 0.3) is 0 Å². The zero-order valence-corrected chi connectivity index (χ0v) is 6.92. The minimum absolute atomic E-state index is 0.329. The second-order valence-corrected chi connectivity index (χ2v) is 2.65. The van der Waals surface area contributed by atoms with Crippen LogP contribution in [0.1, 0.15) is 6.92 Å². The van der Waals surface area contributed by atoms with Crippen LogP contribution in [0.3, 0.4) is 0 Å². The maximum Gasteiger partial charge on any atom is 0.110 e. The number of halogens is 1. The molecular formula is C5H9IO2. The van der Waals surface area contributed by atoms with Gasteiger partial charge < -0.3 is 7.80 Å². The average molecular weight is 228 g/mol. The Bertz CT molecular complexity index is 76.8. The van der Waals surface area contributed by atoms with Gasteiger partial charge in [0.15, 0.2) is 0 Å². The summed E-state index contributed by atoms with van der Waals surface area (Å²) in [6.45, 7) is 3.76. The molecule has 1 aliphatic heterocycles. The molecule has 3 heteroatoms. The summed E-state index contributed by atoms with van der Waals surface area (Å²) in [6.07, 6.45) is 0.329. The first-order valence-corrected chi connectivity index (χ1v) is 3.58. The van der Waals surface area contributed by atoms with Crippen molar-refractivity contribution in [2.45, 2.75) is 13.0 Å². The predicted molar refractivity (Wildman–Crippen MR) is 38.9 cm³/mol. The van der Waals surface area contributed by atoms with Crippen LogP contribution in [0.5, 0.6) is 0 Å². The highest BCUT2D eigenvalue weighted by Crippen LogP contribution is 2.17. The quantitative estimate of drug-likeness (QED) is 0.631. The van der Waals surface area contributed by atoms with E-state index in [0.29, 0.717) is 12.0 Å². The Morgan fingerprint density at radius 2 is 2.38 bits per heavy atom. The van der Waals surface area contributed by atoms with Crippen molar-refractivity contribution in [3.8, 4) is 0 Å². The van der Waals surface area contributed by atoms with E-state index in [0.717, 1.165) is 13.2 Å². The Labute approximate surface area is 63.2 Å². The minimum atomic E-state index is 0.329. The molecule has 0 aromatic rings. The zero-order chi connectivity index (χ0) is 5.98. The number of hydrogen-bond acceptors (Lipinski definition) is 2. The zero-order valence-electron chi connectivity index (χ0n) is 4.76. The lowest BCUT2D eigenvalue weighted by Gasteiger charge is -2.06. The summed E-state index contributed by atoms with van der Waals surface area (Å²) < 4.78 is 10.2. The van der Waals surface area contributed by atoms with Crippen LogP contribution in [0.4, 0.5) is 0 Å². The van der Waals surface area contributed by atoms with E-state index in [2.05, 4.69) is 6.92 Å². The molecule has 2 nitrogen and oxygen atoms in total. The first-order chi connectivity index (χ1) is 3.84. The van der Waals surface area contributed by atoms with Gasteiger partial charge in [0, 0.05) is 5.92 Å². The van der Waals surface area contributed by atoms with Crippen molar-refractivity contribution in [1.29, 1.82) is 0 Å². The lowest BCUT2D eigenvalue weighted by molar-refractivity contribution is 0.164. The molecule has 0 aliphatic carbocycles. The fraction of sp³-hybridized carbons (Fsp3) is 1.00. The molecule has 2 unspecified atom stereocenters. The van der Waals surface area contributed by atoms with E-state index in [1.54, 1.807) is 0 Å². The largest absolute Gasteiger partial charge is 0.378 e. The standard InChI is InChI=1S/C5H9IO2/c1-4-2-7-3-5(4)8-6/h4-5H,2-3H2,1H3. The summed E-state index contributed by atoms with van der Waals surface area (Å²) in [5.74, 6) is 0.576. The minimum Gasteiger partial charge on any atom is -0.378 e. The van der Waals surface area contributed by atoms with Gasteiger partial charge >= 0.3 is 0 Å². The van der Waals surface area contributed by atoms with Gasteiger partial charge in [0.05, 0.1) is 19.3 Å². The van der Waals surface area contributed by atoms with Crippen LogP contribution in [0, 0.1) is 5.92 Å². The molecule has 1 heterocycles. The van der Waals surface area contributed by atoms with Gasteiger partial charge in [-0.2, -0.15) is 0 Å². The summed E-state index contributed by atoms with van der Waals surface area (Å²) in [7, 11) is 0. The molecule has 0 amide bonds. The molecule has 0 saturated carbocycles. The maximum absolute atomic E-state index is 5.13. The van der Waals surface area contributed by atoms with Crippen molar-refractivity contribution in [2.75, 3.05) is 13.2 Å². The van der Waals surface area contributed by atoms with Crippen molar-refractivity contribution in [3.05, 3.63) is 0 Å². The maximum atomic E-state index is 5.13. The number of hydrogen-bond donors (Lipinski definition) is 0. The van der Waals surface area contributed by atoms with Crippen molar-refractivity contribution in [3.63, 3.8) is 0 Å². The number of rotatable bonds is 1. The third-order valence-corrected chi connectivity index (χ3v) is 2.07. The Morgan fingerprint density at radius 3 is 2.62 bits per heavy atom. The highest BCUT2D eigenvalue weighted by Gasteiger charge is 2.23. The summed E-state index contributed by atoms with van der Waals surface area (Å²) in [5, 5.41) is 0. The van der Waals surface area contributed by atoms with Gasteiger partial charge in [0.1, 0.15) is 23.0 Å². The predicted octanol–water partition coefficient (Wildman–Crippen LogP) is 1.39. The third-order valence-electron chi connectivity index (χ3n) is 1.41. The van der Waals surface area contributed by atoms with Crippen LogP contribution in [0.15, 0.2) is 0 Å². The van der Waals surface area contributed by atoms with Crippen LogP contribution < -0.4 is 0 Å². The SMILES string of the molecule is CC1COCC1OI. The van der Waals surface area contributed by atoms with Gasteiger partial charge in [-0.15, -0.1) is 0 Å². The molecule has 1 aliphatic rings. The monoisotopic (exact) mass is 228 g/mol. The van der Waals surface area contributed by atoms with E-state index in [9.17, 15) is 0 Å². The number of ether oxygens (including phenoxy) is 1. The van der Waals surface area contributed by atoms with Crippen LogP contribution in [-0.4, -0.2) is 19.3 Å². The van der Waals surface area contributed by atoms with E-state index in [-0.39, 0.29) is 0 Å². The van der Waals surface area contributed by atoms with Gasteiger partial charge in [-0.1, -0.05) is 6.92 Å². The molecule has 1 rings (SSSR count). The topological polar surface area (TPSA) is 18.5 Å². The molecule has 8 heavy (non-hydrogen) atoms. The highest BCUT2D eigenvalue weighted by molar-refractivity contribution is 14.1. The van der Waals surface area contributed by atoms with Gasteiger partial charge in [-0.05, 0) is 0 Å². The van der Waals surface area contributed by atoms with Gasteiger partial charge in [-0.3, -0.25) is 0 Å². The molecule has 1 saturated heterocycles. The van der Waals surface area contributed by atoms with E-state index < -0.39 is 0 Å². The lowest BCUT2D eigenvalue weighted by atomic mass is 10.1. The summed E-state index contributed by atoms with van der Waals surface area (Å²) in [4.78, 5) is 0. The summed E-state index contributed by atoms with van der Waals surface area (Å²) in [5.41, 5.74) is 0. The smallest absolute Gasteiger partial charge is 0.110 e. The molecule has 0 bridgehead atoms. The first-order valence-electron chi connectivity index (χ1n) is 2.69. The second kappa shape index (κ2) is 2.98. The van der Waals surface area contributed by atoms with Crippen molar-refractivity contribution >= 4 is 23.0 Å². The van der Waals surface area contributed by atoms with Crippen LogP contribution in [0.2, 0.25) is 0 Å². The third kappa shape index (κ3) is 1.33. The molecular weight excluding hydrogens is 219 g/mol. The summed E-state index contributed by atoms with van der Waals surface area (Å²) >= 11 is 1.92. The molecule has 1 fully saturated rings. The Balaban J connectivity index is 2.30. The molecule has 0 radical (unpaired) electrons. The van der Waals surface area contributed by atoms with Gasteiger partial charge in [0.2, 0.25) is 0 Å². The van der Waals surface area contributed by atoms with E-state index in [4.69, 9.17) is 7.80 Å². The Hall–Kier alpha value is 0.650. The van der Waals surface area contributed by atoms with Crippen molar-refractivity contribution < 1.29 is 7.80 Å². The second-order valence-electron chi connectivity index (χ2n) is 2.14. The first kappa shape index (κ1) is 6.77. The van der Waals surface area contributed by atoms with Gasteiger partial charge in [-0.25, -0.2) is 0 Å². The van der Waals surface area contributed by atoms with Crippen LogP contribution >= 0.6 is 23.0 Å². The molecule has 48 valence electrons. The van der Waals surface area contributed by atoms with Crippen molar-refractivity contribution in [2.24, 2.45) is 5.92 Å². The molecule has 0 aromatic heterocycles. The van der Waals surface area contributed by atoms with Gasteiger partial charge in [0.25, 0.3) is 0 Å².